The highest BCUT2D eigenvalue weighted by atomic mass is 16.4. The molecule has 1 aromatic heterocycles. The Balaban J connectivity index is 1.67. The number of H-pyrrole nitrogens is 1. The van der Waals surface area contributed by atoms with Crippen molar-refractivity contribution in [2.45, 2.75) is 32.2 Å². The van der Waals surface area contributed by atoms with Crippen LogP contribution in [-0.2, 0) is 9.59 Å². The molecule has 1 aliphatic rings. The number of aliphatic carboxylic acids is 1. The predicted molar refractivity (Wildman–Crippen MR) is 105 cm³/mol. The van der Waals surface area contributed by atoms with E-state index in [1.807, 2.05) is 36.4 Å². The zero-order valence-corrected chi connectivity index (χ0v) is 15.9. The number of benzene rings is 1. The lowest BCUT2D eigenvalue weighted by atomic mass is 10.1. The lowest BCUT2D eigenvalue weighted by Gasteiger charge is -2.28. The third-order valence-corrected chi connectivity index (χ3v) is 5.14. The van der Waals surface area contributed by atoms with E-state index >= 15 is 0 Å². The van der Waals surface area contributed by atoms with Gasteiger partial charge in [-0.1, -0.05) is 30.3 Å². The molecule has 1 atom stereocenters. The number of likely N-dealkylation sites (tertiary alicyclic amines) is 1. The van der Waals surface area contributed by atoms with Crippen molar-refractivity contribution in [1.82, 2.24) is 14.8 Å². The molecule has 1 aromatic carbocycles. The number of aromatic nitrogens is 1. The molecule has 28 heavy (non-hydrogen) atoms. The third-order valence-electron chi connectivity index (χ3n) is 5.14. The number of amides is 2. The van der Waals surface area contributed by atoms with Gasteiger partial charge in [0, 0.05) is 31.7 Å². The molecule has 1 fully saturated rings. The number of carbonyl (C=O) groups excluding carboxylic acids is 2. The zero-order chi connectivity index (χ0) is 20.1. The first kappa shape index (κ1) is 19.7. The molecule has 0 aliphatic carbocycles. The summed E-state index contributed by atoms with van der Waals surface area (Å²) < 4.78 is 0. The summed E-state index contributed by atoms with van der Waals surface area (Å²) in [5, 5.41) is 9.06. The maximum Gasteiger partial charge on any atom is 0.323 e. The zero-order valence-electron chi connectivity index (χ0n) is 15.9. The molecule has 148 valence electrons. The lowest BCUT2D eigenvalue weighted by molar-refractivity contribution is -0.145. The summed E-state index contributed by atoms with van der Waals surface area (Å²) >= 11 is 0. The summed E-state index contributed by atoms with van der Waals surface area (Å²) in [5.41, 5.74) is 2.44. The number of nitrogens with one attached hydrogen (secondary N) is 1. The van der Waals surface area contributed by atoms with Crippen LogP contribution < -0.4 is 0 Å². The van der Waals surface area contributed by atoms with Crippen LogP contribution in [0, 0.1) is 0 Å². The van der Waals surface area contributed by atoms with Crippen LogP contribution in [0.25, 0.3) is 11.3 Å². The van der Waals surface area contributed by atoms with Crippen LogP contribution in [0.1, 0.15) is 36.7 Å². The molecule has 2 aromatic rings. The maximum absolute atomic E-state index is 12.9. The van der Waals surface area contributed by atoms with Gasteiger partial charge in [-0.05, 0) is 37.0 Å². The van der Waals surface area contributed by atoms with Gasteiger partial charge in [0.1, 0.15) is 12.2 Å². The summed E-state index contributed by atoms with van der Waals surface area (Å²) in [7, 11) is 0. The van der Waals surface area contributed by atoms with E-state index in [1.54, 1.807) is 11.0 Å². The van der Waals surface area contributed by atoms with Crippen LogP contribution in [0.5, 0.6) is 0 Å². The molecule has 0 spiro atoms. The molecule has 7 heteroatoms. The Morgan fingerprint density at radius 1 is 1.11 bits per heavy atom. The lowest BCUT2D eigenvalue weighted by Crippen LogP contribution is -2.43. The SMILES string of the molecule is CC(=O)N(CC(=O)O)C1CCCN(C(=O)c2ccc(-c3ccccc3)[nH]2)CC1. The van der Waals surface area contributed by atoms with E-state index in [1.165, 1.54) is 11.8 Å². The fraction of sp³-hybridized carbons (Fsp3) is 0.381. The fourth-order valence-corrected chi connectivity index (χ4v) is 3.71. The summed E-state index contributed by atoms with van der Waals surface area (Å²) in [6.07, 6.45) is 1.99. The van der Waals surface area contributed by atoms with Crippen LogP contribution in [-0.4, -0.2) is 63.4 Å². The Morgan fingerprint density at radius 3 is 2.54 bits per heavy atom. The van der Waals surface area contributed by atoms with E-state index in [0.29, 0.717) is 31.6 Å². The van der Waals surface area contributed by atoms with E-state index in [4.69, 9.17) is 5.11 Å². The van der Waals surface area contributed by atoms with Crippen molar-refractivity contribution in [2.24, 2.45) is 0 Å². The highest BCUT2D eigenvalue weighted by Crippen LogP contribution is 2.21. The molecule has 0 saturated carbocycles. The van der Waals surface area contributed by atoms with Crippen molar-refractivity contribution in [2.75, 3.05) is 19.6 Å². The summed E-state index contributed by atoms with van der Waals surface area (Å²) in [5.74, 6) is -1.34. The first-order valence-electron chi connectivity index (χ1n) is 9.48. The van der Waals surface area contributed by atoms with Gasteiger partial charge in [-0.25, -0.2) is 0 Å². The van der Waals surface area contributed by atoms with Crippen molar-refractivity contribution in [3.63, 3.8) is 0 Å². The van der Waals surface area contributed by atoms with Gasteiger partial charge in [-0.3, -0.25) is 14.4 Å². The number of hydrogen-bond donors (Lipinski definition) is 2. The van der Waals surface area contributed by atoms with Gasteiger partial charge in [-0.15, -0.1) is 0 Å². The highest BCUT2D eigenvalue weighted by molar-refractivity contribution is 5.93. The Bertz CT molecular complexity index is 846. The standard InChI is InChI=1S/C21H25N3O4/c1-15(25)24(14-20(26)27)17-8-5-12-23(13-11-17)21(28)19-10-9-18(22-19)16-6-3-2-4-7-16/h2-4,6-7,9-10,17,22H,5,8,11-14H2,1H3,(H,26,27). The van der Waals surface area contributed by atoms with E-state index in [0.717, 1.165) is 17.7 Å². The number of rotatable bonds is 5. The smallest absolute Gasteiger partial charge is 0.323 e. The summed E-state index contributed by atoms with van der Waals surface area (Å²) in [6, 6.07) is 13.3. The van der Waals surface area contributed by atoms with Gasteiger partial charge in [0.15, 0.2) is 0 Å². The maximum atomic E-state index is 12.9. The first-order chi connectivity index (χ1) is 13.5. The molecule has 1 saturated heterocycles. The van der Waals surface area contributed by atoms with Gasteiger partial charge in [-0.2, -0.15) is 0 Å². The second kappa shape index (κ2) is 8.73. The van der Waals surface area contributed by atoms with Crippen LogP contribution in [0.15, 0.2) is 42.5 Å². The summed E-state index contributed by atoms with van der Waals surface area (Å²) in [6.45, 7) is 2.17. The predicted octanol–water partition coefficient (Wildman–Crippen LogP) is 2.61. The molecule has 0 bridgehead atoms. The molecule has 2 N–H and O–H groups in total. The highest BCUT2D eigenvalue weighted by Gasteiger charge is 2.28. The van der Waals surface area contributed by atoms with Gasteiger partial charge in [0.05, 0.1) is 0 Å². The second-order valence-corrected chi connectivity index (χ2v) is 7.07. The fourth-order valence-electron chi connectivity index (χ4n) is 3.71. The van der Waals surface area contributed by atoms with Crippen molar-refractivity contribution < 1.29 is 19.5 Å². The molecule has 0 radical (unpaired) electrons. The van der Waals surface area contributed by atoms with Gasteiger partial charge in [0.25, 0.3) is 5.91 Å². The van der Waals surface area contributed by atoms with E-state index in [2.05, 4.69) is 4.98 Å². The van der Waals surface area contributed by atoms with Crippen LogP contribution in [0.2, 0.25) is 0 Å². The van der Waals surface area contributed by atoms with E-state index in [9.17, 15) is 14.4 Å². The summed E-state index contributed by atoms with van der Waals surface area (Å²) in [4.78, 5) is 42.2. The van der Waals surface area contributed by atoms with Crippen molar-refractivity contribution in [3.8, 4) is 11.3 Å². The van der Waals surface area contributed by atoms with E-state index in [-0.39, 0.29) is 24.4 Å². The monoisotopic (exact) mass is 383 g/mol. The number of aromatic amines is 1. The Labute approximate surface area is 164 Å². The Kier molecular flexibility index (Phi) is 6.13. The molecule has 3 rings (SSSR count). The first-order valence-corrected chi connectivity index (χ1v) is 9.48. The van der Waals surface area contributed by atoms with Crippen molar-refractivity contribution in [1.29, 1.82) is 0 Å². The molecular weight excluding hydrogens is 358 g/mol. The minimum Gasteiger partial charge on any atom is -0.480 e. The van der Waals surface area contributed by atoms with Gasteiger partial charge in [0.2, 0.25) is 5.91 Å². The largest absolute Gasteiger partial charge is 0.480 e. The minimum absolute atomic E-state index is 0.0737. The number of hydrogen-bond acceptors (Lipinski definition) is 3. The van der Waals surface area contributed by atoms with Crippen LogP contribution >= 0.6 is 0 Å². The van der Waals surface area contributed by atoms with Crippen molar-refractivity contribution in [3.05, 3.63) is 48.2 Å². The van der Waals surface area contributed by atoms with Crippen LogP contribution in [0.4, 0.5) is 0 Å². The Morgan fingerprint density at radius 2 is 1.86 bits per heavy atom. The number of carboxylic acids is 1. The normalized spacial score (nSPS) is 17.0. The Hall–Kier alpha value is -3.09. The molecule has 1 aliphatic heterocycles. The molecule has 2 heterocycles. The van der Waals surface area contributed by atoms with Gasteiger partial charge < -0.3 is 19.9 Å². The number of nitrogens with zero attached hydrogens (tertiary/aromatic N) is 2. The molecular formula is C21H25N3O4. The topological polar surface area (TPSA) is 93.7 Å². The average Bonchev–Trinajstić information content (AvgIpc) is 3.05. The minimum atomic E-state index is -1.02. The quantitative estimate of drug-likeness (QED) is 0.830. The van der Waals surface area contributed by atoms with Crippen molar-refractivity contribution >= 4 is 17.8 Å². The molecule has 1 unspecified atom stereocenters. The number of carbonyl (C=O) groups is 3. The molecule has 7 nitrogen and oxygen atoms in total. The number of carboxylic acid groups (broad SMARTS) is 1. The second-order valence-electron chi connectivity index (χ2n) is 7.07. The third kappa shape index (κ3) is 4.60. The van der Waals surface area contributed by atoms with Gasteiger partial charge >= 0.3 is 5.97 Å². The van der Waals surface area contributed by atoms with E-state index < -0.39 is 5.97 Å². The molecule has 2 amide bonds. The average molecular weight is 383 g/mol. The van der Waals surface area contributed by atoms with Crippen LogP contribution in [0.3, 0.4) is 0 Å².